The Hall–Kier alpha value is -2.29. The van der Waals surface area contributed by atoms with Gasteiger partial charge >= 0.3 is 0 Å². The predicted molar refractivity (Wildman–Crippen MR) is 82.6 cm³/mol. The van der Waals surface area contributed by atoms with Crippen LogP contribution in [0.5, 0.6) is 0 Å². The molecule has 2 heterocycles. The maximum atomic E-state index is 6.44. The van der Waals surface area contributed by atoms with Crippen LogP contribution in [0.1, 0.15) is 17.5 Å². The summed E-state index contributed by atoms with van der Waals surface area (Å²) in [4.78, 5) is 4.45. The molecule has 0 fully saturated rings. The minimum absolute atomic E-state index is 0.955. The number of benzene rings is 1. The molecule has 0 saturated heterocycles. The zero-order chi connectivity index (χ0) is 13.7. The van der Waals surface area contributed by atoms with Crippen LogP contribution in [0.4, 0.5) is 5.69 Å². The topological polar surface area (TPSA) is 43.8 Å². The van der Waals surface area contributed by atoms with E-state index in [4.69, 9.17) is 5.73 Å². The molecule has 0 unspecified atom stereocenters. The molecule has 2 N–H and O–H groups in total. The van der Waals surface area contributed by atoms with Gasteiger partial charge < -0.3 is 10.3 Å². The van der Waals surface area contributed by atoms with E-state index in [9.17, 15) is 0 Å². The normalized spacial score (nSPS) is 13.8. The first-order valence-corrected chi connectivity index (χ1v) is 7.06. The second-order valence-electron chi connectivity index (χ2n) is 5.54. The number of anilines is 1. The Morgan fingerprint density at radius 2 is 2.00 bits per heavy atom. The number of rotatable bonds is 1. The van der Waals surface area contributed by atoms with Gasteiger partial charge in [0.15, 0.2) is 0 Å². The molecule has 0 spiro atoms. The molecule has 0 saturated carbocycles. The Kier molecular flexibility index (Phi) is 2.36. The third-order valence-corrected chi connectivity index (χ3v) is 4.39. The van der Waals surface area contributed by atoms with Crippen LogP contribution in [0.25, 0.3) is 22.2 Å². The summed E-state index contributed by atoms with van der Waals surface area (Å²) in [5, 5.41) is 1.17. The summed E-state index contributed by atoms with van der Waals surface area (Å²) in [6.07, 6.45) is 7.41. The van der Waals surface area contributed by atoms with Crippen LogP contribution in [-0.2, 0) is 19.9 Å². The Balaban J connectivity index is 2.00. The van der Waals surface area contributed by atoms with Crippen molar-refractivity contribution in [3.05, 3.63) is 47.8 Å². The van der Waals surface area contributed by atoms with Crippen LogP contribution in [-0.4, -0.2) is 9.55 Å². The molecule has 0 aliphatic heterocycles. The highest BCUT2D eigenvalue weighted by atomic mass is 15.0. The van der Waals surface area contributed by atoms with Crippen molar-refractivity contribution in [3.63, 3.8) is 0 Å². The predicted octanol–water partition coefficient (Wildman–Crippen LogP) is 3.31. The van der Waals surface area contributed by atoms with E-state index in [1.807, 2.05) is 24.0 Å². The monoisotopic (exact) mass is 263 g/mol. The van der Waals surface area contributed by atoms with Crippen LogP contribution >= 0.6 is 0 Å². The van der Waals surface area contributed by atoms with Crippen LogP contribution < -0.4 is 5.73 Å². The van der Waals surface area contributed by atoms with E-state index in [1.54, 1.807) is 0 Å². The summed E-state index contributed by atoms with van der Waals surface area (Å²) in [6.45, 7) is 0. The first-order chi connectivity index (χ1) is 9.75. The van der Waals surface area contributed by atoms with Crippen LogP contribution in [0.3, 0.4) is 0 Å². The molecule has 1 aromatic carbocycles. The first-order valence-electron chi connectivity index (χ1n) is 7.06. The first kappa shape index (κ1) is 11.5. The number of fused-ring (bicyclic) bond motifs is 2. The van der Waals surface area contributed by atoms with Gasteiger partial charge in [-0.05, 0) is 48.1 Å². The minimum Gasteiger partial charge on any atom is -0.398 e. The van der Waals surface area contributed by atoms with Gasteiger partial charge in [0.05, 0.1) is 0 Å². The van der Waals surface area contributed by atoms with Gasteiger partial charge in [-0.25, -0.2) is 4.98 Å². The molecule has 4 rings (SSSR count). The van der Waals surface area contributed by atoms with Crippen LogP contribution in [0.2, 0.25) is 0 Å². The highest BCUT2D eigenvalue weighted by Crippen LogP contribution is 2.37. The van der Waals surface area contributed by atoms with Crippen molar-refractivity contribution >= 4 is 16.7 Å². The van der Waals surface area contributed by atoms with Crippen molar-refractivity contribution in [1.82, 2.24) is 9.55 Å². The van der Waals surface area contributed by atoms with Crippen molar-refractivity contribution in [2.75, 3.05) is 5.73 Å². The van der Waals surface area contributed by atoms with Crippen molar-refractivity contribution in [2.45, 2.75) is 19.3 Å². The third kappa shape index (κ3) is 1.49. The van der Waals surface area contributed by atoms with E-state index in [0.717, 1.165) is 29.7 Å². The minimum atomic E-state index is 0.955. The quantitative estimate of drug-likeness (QED) is 0.684. The lowest BCUT2D eigenvalue weighted by Crippen LogP contribution is -1.97. The Bertz CT molecular complexity index is 814. The van der Waals surface area contributed by atoms with Gasteiger partial charge in [-0.1, -0.05) is 12.1 Å². The van der Waals surface area contributed by atoms with Gasteiger partial charge in [0.2, 0.25) is 0 Å². The molecular formula is C17H17N3. The number of hydrogen-bond acceptors (Lipinski definition) is 2. The lowest BCUT2D eigenvalue weighted by atomic mass is 9.97. The molecule has 3 aromatic rings. The maximum Gasteiger partial charge on any atom is 0.140 e. The van der Waals surface area contributed by atoms with E-state index >= 15 is 0 Å². The third-order valence-electron chi connectivity index (χ3n) is 4.39. The maximum absolute atomic E-state index is 6.44. The highest BCUT2D eigenvalue weighted by molar-refractivity contribution is 5.97. The molecule has 0 atom stereocenters. The molecule has 1 aliphatic rings. The number of nitrogens with zero attached hydrogens (tertiary/aromatic N) is 2. The van der Waals surface area contributed by atoms with Gasteiger partial charge in [-0.15, -0.1) is 0 Å². The second kappa shape index (κ2) is 4.10. The molecule has 3 heteroatoms. The molecule has 2 aromatic heterocycles. The number of hydrogen-bond donors (Lipinski definition) is 1. The van der Waals surface area contributed by atoms with E-state index in [2.05, 4.69) is 29.2 Å². The SMILES string of the molecule is Cn1ccc2c(-c3ccc4c(c3N)CCC4)ccnc21. The molecule has 3 nitrogen and oxygen atoms in total. The summed E-state index contributed by atoms with van der Waals surface area (Å²) in [5.41, 5.74) is 13.5. The standard InChI is InChI=1S/C17H17N3/c1-20-10-8-15-13(7-9-19-17(15)20)14-6-5-11-3-2-4-12(11)16(14)18/h5-10H,2-4,18H2,1H3. The summed E-state index contributed by atoms with van der Waals surface area (Å²) < 4.78 is 2.04. The molecule has 0 amide bonds. The van der Waals surface area contributed by atoms with Gasteiger partial charge in [0.25, 0.3) is 0 Å². The largest absolute Gasteiger partial charge is 0.398 e. The summed E-state index contributed by atoms with van der Waals surface area (Å²) in [7, 11) is 2.02. The molecule has 1 aliphatic carbocycles. The number of nitrogen functional groups attached to an aromatic ring is 1. The number of pyridine rings is 1. The summed E-state index contributed by atoms with van der Waals surface area (Å²) in [5.74, 6) is 0. The fourth-order valence-electron chi connectivity index (χ4n) is 3.33. The summed E-state index contributed by atoms with van der Waals surface area (Å²) in [6, 6.07) is 8.59. The molecular weight excluding hydrogens is 246 g/mol. The van der Waals surface area contributed by atoms with E-state index in [0.29, 0.717) is 0 Å². The molecule has 0 bridgehead atoms. The second-order valence-corrected chi connectivity index (χ2v) is 5.54. The van der Waals surface area contributed by atoms with E-state index < -0.39 is 0 Å². The van der Waals surface area contributed by atoms with Crippen molar-refractivity contribution in [2.24, 2.45) is 7.05 Å². The molecule has 0 radical (unpaired) electrons. The van der Waals surface area contributed by atoms with E-state index in [-0.39, 0.29) is 0 Å². The molecule has 20 heavy (non-hydrogen) atoms. The molecule has 100 valence electrons. The zero-order valence-electron chi connectivity index (χ0n) is 11.6. The zero-order valence-corrected chi connectivity index (χ0v) is 11.6. The smallest absolute Gasteiger partial charge is 0.140 e. The van der Waals surface area contributed by atoms with E-state index in [1.165, 1.54) is 28.5 Å². The number of aryl methyl sites for hydroxylation is 2. The number of aromatic nitrogens is 2. The van der Waals surface area contributed by atoms with Crippen molar-refractivity contribution < 1.29 is 0 Å². The summed E-state index contributed by atoms with van der Waals surface area (Å²) >= 11 is 0. The average Bonchev–Trinajstić information content (AvgIpc) is 3.07. The average molecular weight is 263 g/mol. The lowest BCUT2D eigenvalue weighted by Gasteiger charge is -2.12. The van der Waals surface area contributed by atoms with Gasteiger partial charge in [-0.2, -0.15) is 0 Å². The lowest BCUT2D eigenvalue weighted by molar-refractivity contribution is 0.912. The fraction of sp³-hybridized carbons (Fsp3) is 0.235. The Labute approximate surface area is 118 Å². The van der Waals surface area contributed by atoms with Crippen molar-refractivity contribution in [1.29, 1.82) is 0 Å². The van der Waals surface area contributed by atoms with Crippen LogP contribution in [0, 0.1) is 0 Å². The number of nitrogens with two attached hydrogens (primary N) is 1. The Morgan fingerprint density at radius 3 is 2.90 bits per heavy atom. The fourth-order valence-corrected chi connectivity index (χ4v) is 3.33. The highest BCUT2D eigenvalue weighted by Gasteiger charge is 2.18. The van der Waals surface area contributed by atoms with Gasteiger partial charge in [-0.3, -0.25) is 0 Å². The van der Waals surface area contributed by atoms with Crippen molar-refractivity contribution in [3.8, 4) is 11.1 Å². The van der Waals surface area contributed by atoms with Crippen LogP contribution in [0.15, 0.2) is 36.7 Å². The van der Waals surface area contributed by atoms with Gasteiger partial charge in [0.1, 0.15) is 5.65 Å². The Morgan fingerprint density at radius 1 is 1.10 bits per heavy atom. The van der Waals surface area contributed by atoms with Gasteiger partial charge in [0, 0.05) is 36.1 Å².